The average Bonchev–Trinajstić information content (AvgIpc) is 3.22. The van der Waals surface area contributed by atoms with E-state index in [1.54, 1.807) is 6.08 Å². The molecule has 58 heavy (non-hydrogen) atoms. The Morgan fingerprint density at radius 1 is 0.569 bits per heavy atom. The molecule has 7 atom stereocenters. The first-order valence-electron chi connectivity index (χ1n) is 24.6. The van der Waals surface area contributed by atoms with Gasteiger partial charge in [-0.15, -0.1) is 0 Å². The van der Waals surface area contributed by atoms with Crippen LogP contribution in [0, 0.1) is 0 Å². The topological polar surface area (TPSA) is 149 Å². The summed E-state index contributed by atoms with van der Waals surface area (Å²) in [5, 5.41) is 54.1. The lowest BCUT2D eigenvalue weighted by Crippen LogP contribution is -2.60. The summed E-state index contributed by atoms with van der Waals surface area (Å²) in [6, 6.07) is -0.807. The van der Waals surface area contributed by atoms with Gasteiger partial charge in [0.15, 0.2) is 6.29 Å². The van der Waals surface area contributed by atoms with Crippen LogP contribution >= 0.6 is 0 Å². The normalized spacial score (nSPS) is 21.0. The molecule has 7 unspecified atom stereocenters. The molecule has 0 radical (unpaired) electrons. The number of allylic oxidation sites excluding steroid dienone is 3. The molecule has 0 aromatic carbocycles. The molecule has 1 amide bonds. The molecule has 9 heteroatoms. The molecule has 1 rings (SSSR count). The van der Waals surface area contributed by atoms with Gasteiger partial charge < -0.3 is 40.3 Å². The van der Waals surface area contributed by atoms with E-state index in [-0.39, 0.29) is 12.5 Å². The largest absolute Gasteiger partial charge is 0.394 e. The quantitative estimate of drug-likeness (QED) is 0.0264. The van der Waals surface area contributed by atoms with E-state index in [1.807, 2.05) is 6.08 Å². The number of carbonyl (C=O) groups is 1. The molecule has 0 aromatic heterocycles. The molecule has 0 saturated carbocycles. The Bertz CT molecular complexity index is 961. The lowest BCUT2D eigenvalue weighted by atomic mass is 9.99. The number of aliphatic hydroxyl groups is 5. The Balaban J connectivity index is 2.23. The Labute approximate surface area is 356 Å². The number of unbranched alkanes of at least 4 members (excludes halogenated alkanes) is 29. The van der Waals surface area contributed by atoms with Gasteiger partial charge >= 0.3 is 0 Å². The van der Waals surface area contributed by atoms with E-state index in [2.05, 4.69) is 31.3 Å². The minimum atomic E-state index is -1.57. The first-order chi connectivity index (χ1) is 28.3. The minimum absolute atomic E-state index is 0.191. The minimum Gasteiger partial charge on any atom is -0.394 e. The predicted octanol–water partition coefficient (Wildman–Crippen LogP) is 10.7. The zero-order chi connectivity index (χ0) is 42.3. The second kappa shape index (κ2) is 39.8. The van der Waals surface area contributed by atoms with Crippen molar-refractivity contribution in [1.29, 1.82) is 0 Å². The van der Waals surface area contributed by atoms with Crippen molar-refractivity contribution in [3.05, 3.63) is 24.3 Å². The van der Waals surface area contributed by atoms with Crippen molar-refractivity contribution in [2.75, 3.05) is 13.2 Å². The van der Waals surface area contributed by atoms with Crippen LogP contribution in [0.25, 0.3) is 0 Å². The highest BCUT2D eigenvalue weighted by atomic mass is 16.7. The number of amides is 1. The van der Waals surface area contributed by atoms with Crippen molar-refractivity contribution >= 4 is 5.91 Å². The molecule has 9 nitrogen and oxygen atoms in total. The number of aliphatic hydroxyl groups excluding tert-OH is 5. The van der Waals surface area contributed by atoms with Gasteiger partial charge in [-0.25, -0.2) is 0 Å². The third kappa shape index (κ3) is 29.8. The maximum atomic E-state index is 12.9. The van der Waals surface area contributed by atoms with E-state index in [0.29, 0.717) is 6.42 Å². The van der Waals surface area contributed by atoms with Crippen LogP contribution in [0.5, 0.6) is 0 Å². The van der Waals surface area contributed by atoms with Gasteiger partial charge in [-0.05, 0) is 38.5 Å². The number of carbonyl (C=O) groups excluding carboxylic acids is 1. The van der Waals surface area contributed by atoms with Crippen LogP contribution in [0.3, 0.4) is 0 Å². The standard InChI is InChI=1S/C49H93NO8/c1-3-5-7-9-11-13-15-16-17-18-19-20-21-22-23-24-25-26-27-28-29-30-32-34-36-38-43(52)42(41-57-49-48(56)47(55)46(54)44(40-51)58-49)50-45(53)39-37-35-33-31-14-12-10-8-6-4-2/h10,12,36,38,42-44,46-49,51-52,54-56H,3-9,11,13-35,37,39-41H2,1-2H3,(H,50,53)/b12-10-,38-36+. The smallest absolute Gasteiger partial charge is 0.220 e. The Hall–Kier alpha value is -1.33. The number of hydrogen-bond acceptors (Lipinski definition) is 8. The maximum absolute atomic E-state index is 12.9. The lowest BCUT2D eigenvalue weighted by molar-refractivity contribution is -0.302. The summed E-state index contributed by atoms with van der Waals surface area (Å²) >= 11 is 0. The van der Waals surface area contributed by atoms with Gasteiger partial charge in [0.25, 0.3) is 0 Å². The van der Waals surface area contributed by atoms with E-state index in [9.17, 15) is 30.3 Å². The summed E-state index contributed by atoms with van der Waals surface area (Å²) in [6.45, 7) is 3.73. The van der Waals surface area contributed by atoms with Crippen LogP contribution in [0.1, 0.15) is 226 Å². The van der Waals surface area contributed by atoms with Gasteiger partial charge in [0.2, 0.25) is 5.91 Å². The summed E-state index contributed by atoms with van der Waals surface area (Å²) in [5.41, 5.74) is 0. The van der Waals surface area contributed by atoms with Crippen molar-refractivity contribution in [3.63, 3.8) is 0 Å². The van der Waals surface area contributed by atoms with Crippen LogP contribution in [0.4, 0.5) is 0 Å². The van der Waals surface area contributed by atoms with Crippen LogP contribution in [0.15, 0.2) is 24.3 Å². The van der Waals surface area contributed by atoms with E-state index < -0.39 is 49.5 Å². The van der Waals surface area contributed by atoms with Crippen molar-refractivity contribution in [2.24, 2.45) is 0 Å². The molecule has 1 aliphatic rings. The fourth-order valence-corrected chi connectivity index (χ4v) is 7.78. The van der Waals surface area contributed by atoms with Crippen LogP contribution in [0.2, 0.25) is 0 Å². The summed E-state index contributed by atoms with van der Waals surface area (Å²) in [5.74, 6) is -0.191. The third-order valence-corrected chi connectivity index (χ3v) is 11.8. The molecule has 1 heterocycles. The van der Waals surface area contributed by atoms with E-state index >= 15 is 0 Å². The summed E-state index contributed by atoms with van der Waals surface area (Å²) in [6.07, 6.45) is 41.0. The highest BCUT2D eigenvalue weighted by Gasteiger charge is 2.44. The summed E-state index contributed by atoms with van der Waals surface area (Å²) < 4.78 is 11.2. The van der Waals surface area contributed by atoms with Crippen molar-refractivity contribution in [3.8, 4) is 0 Å². The molecule has 0 aliphatic carbocycles. The van der Waals surface area contributed by atoms with Crippen molar-refractivity contribution in [1.82, 2.24) is 5.32 Å². The number of rotatable bonds is 41. The van der Waals surface area contributed by atoms with Gasteiger partial charge in [-0.3, -0.25) is 4.79 Å². The second-order valence-corrected chi connectivity index (χ2v) is 17.3. The average molecular weight is 824 g/mol. The molecule has 1 saturated heterocycles. The summed E-state index contributed by atoms with van der Waals surface area (Å²) in [4.78, 5) is 12.9. The maximum Gasteiger partial charge on any atom is 0.220 e. The van der Waals surface area contributed by atoms with Crippen molar-refractivity contribution in [2.45, 2.75) is 269 Å². The first-order valence-corrected chi connectivity index (χ1v) is 24.6. The van der Waals surface area contributed by atoms with Gasteiger partial charge in [0, 0.05) is 6.42 Å². The lowest BCUT2D eigenvalue weighted by Gasteiger charge is -2.40. The summed E-state index contributed by atoms with van der Waals surface area (Å²) in [7, 11) is 0. The molecule has 1 fully saturated rings. The Morgan fingerprint density at radius 2 is 0.983 bits per heavy atom. The van der Waals surface area contributed by atoms with Crippen molar-refractivity contribution < 1.29 is 39.8 Å². The predicted molar refractivity (Wildman–Crippen MR) is 240 cm³/mol. The van der Waals surface area contributed by atoms with Gasteiger partial charge in [-0.1, -0.05) is 205 Å². The fraction of sp³-hybridized carbons (Fsp3) is 0.898. The van der Waals surface area contributed by atoms with E-state index in [4.69, 9.17) is 9.47 Å². The highest BCUT2D eigenvalue weighted by molar-refractivity contribution is 5.76. The molecular formula is C49H93NO8. The molecule has 1 aliphatic heterocycles. The molecule has 0 spiro atoms. The number of ether oxygens (including phenoxy) is 2. The fourth-order valence-electron chi connectivity index (χ4n) is 7.78. The van der Waals surface area contributed by atoms with Gasteiger partial charge in [0.05, 0.1) is 25.4 Å². The monoisotopic (exact) mass is 824 g/mol. The SMILES string of the molecule is CCCC/C=C\CCCCCCC(=O)NC(COC1OC(CO)C(O)C(O)C1O)C(O)/C=C/CCCCCCCCCCCCCCCCCCCCCCCCC. The molecule has 6 N–H and O–H groups in total. The Kier molecular flexibility index (Phi) is 37.5. The van der Waals surface area contributed by atoms with Gasteiger partial charge in [-0.2, -0.15) is 0 Å². The zero-order valence-electron chi connectivity index (χ0n) is 37.6. The highest BCUT2D eigenvalue weighted by Crippen LogP contribution is 2.23. The van der Waals surface area contributed by atoms with Gasteiger partial charge in [0.1, 0.15) is 24.4 Å². The Morgan fingerprint density at radius 3 is 1.45 bits per heavy atom. The number of hydrogen-bond donors (Lipinski definition) is 6. The third-order valence-electron chi connectivity index (χ3n) is 11.8. The van der Waals surface area contributed by atoms with E-state index in [1.165, 1.54) is 148 Å². The number of nitrogens with one attached hydrogen (secondary N) is 1. The van der Waals surface area contributed by atoms with E-state index in [0.717, 1.165) is 57.8 Å². The first kappa shape index (κ1) is 54.7. The van der Waals surface area contributed by atoms with Crippen LogP contribution in [-0.2, 0) is 14.3 Å². The molecule has 0 bridgehead atoms. The zero-order valence-corrected chi connectivity index (χ0v) is 37.6. The van der Waals surface area contributed by atoms with Crippen LogP contribution in [-0.4, -0.2) is 87.5 Å². The van der Waals surface area contributed by atoms with Crippen LogP contribution < -0.4 is 5.32 Å². The second-order valence-electron chi connectivity index (χ2n) is 17.3. The molecular weight excluding hydrogens is 731 g/mol. The molecule has 0 aromatic rings. The molecule has 342 valence electrons.